The van der Waals surface area contributed by atoms with Crippen LogP contribution in [0.1, 0.15) is 94.4 Å². The summed E-state index contributed by atoms with van der Waals surface area (Å²) in [5.41, 5.74) is -3.52. The van der Waals surface area contributed by atoms with Crippen molar-refractivity contribution in [3.63, 3.8) is 0 Å². The van der Waals surface area contributed by atoms with Crippen molar-refractivity contribution < 1.29 is 66.7 Å². The first-order valence-corrected chi connectivity index (χ1v) is 16.1. The Labute approximate surface area is 276 Å². The Kier molecular flexibility index (Phi) is 14.8. The van der Waals surface area contributed by atoms with E-state index < -0.39 is 46.6 Å². The van der Waals surface area contributed by atoms with Crippen LogP contribution in [0, 0.1) is 11.8 Å². The van der Waals surface area contributed by atoms with Gasteiger partial charge in [-0.15, -0.1) is 0 Å². The second kappa shape index (κ2) is 17.3. The highest BCUT2D eigenvalue weighted by molar-refractivity contribution is 6.30. The van der Waals surface area contributed by atoms with Crippen molar-refractivity contribution in [2.75, 3.05) is 26.4 Å². The molecule has 0 spiro atoms. The molecule has 0 aromatic carbocycles. The van der Waals surface area contributed by atoms with Crippen molar-refractivity contribution in [3.05, 3.63) is 0 Å². The van der Waals surface area contributed by atoms with Crippen LogP contribution in [0.4, 0.5) is 0 Å². The minimum atomic E-state index is -1.27. The molecule has 2 aliphatic rings. The molecule has 0 saturated carbocycles. The Hall–Kier alpha value is -3.10. The maximum Gasteiger partial charge on any atom is 0.418 e. The molecular weight excluding hydrogens is 620 g/mol. The summed E-state index contributed by atoms with van der Waals surface area (Å²) >= 11 is 0. The smallest absolute Gasteiger partial charge is 0.418 e. The third-order valence-electron chi connectivity index (χ3n) is 7.62. The van der Waals surface area contributed by atoms with Crippen molar-refractivity contribution in [3.8, 4) is 0 Å². The van der Waals surface area contributed by atoms with Gasteiger partial charge in [-0.05, 0) is 81.6 Å². The summed E-state index contributed by atoms with van der Waals surface area (Å²) in [6, 6.07) is 0. The molecule has 2 aliphatic heterocycles. The molecule has 14 nitrogen and oxygen atoms in total. The van der Waals surface area contributed by atoms with E-state index in [4.69, 9.17) is 37.9 Å². The highest BCUT2D eigenvalue weighted by Crippen LogP contribution is 2.38. The zero-order valence-electron chi connectivity index (χ0n) is 29.1. The highest BCUT2D eigenvalue weighted by atomic mass is 16.6. The molecule has 0 bridgehead atoms. The van der Waals surface area contributed by atoms with Gasteiger partial charge >= 0.3 is 29.8 Å². The van der Waals surface area contributed by atoms with Crippen LogP contribution in [0.15, 0.2) is 0 Å². The van der Waals surface area contributed by atoms with Gasteiger partial charge in [0.25, 0.3) is 0 Å². The topological polar surface area (TPSA) is 176 Å². The molecule has 0 aliphatic carbocycles. The number of hydrogen-bond donors (Lipinski definition) is 0. The lowest BCUT2D eigenvalue weighted by Gasteiger charge is -2.34. The van der Waals surface area contributed by atoms with Crippen molar-refractivity contribution in [1.29, 1.82) is 0 Å². The van der Waals surface area contributed by atoms with E-state index in [9.17, 15) is 28.8 Å². The standard InChI is InChI=1S/C33H52O14/c1-20(2)44-21(3)15-31(4,5)45-29(38)30(39)47-33(8,9)19-32(6,7)46-28(37)27(36)41-14-12-23-18-43-25-22(17-42-26(23)25)11-10-13-40-24(35)16-34/h16,20-23,25-26H,10-15,17-19H2,1-9H3. The van der Waals surface area contributed by atoms with E-state index >= 15 is 0 Å². The fourth-order valence-corrected chi connectivity index (χ4v) is 6.29. The molecule has 2 rings (SSSR count). The number of esters is 5. The Morgan fingerprint density at radius 3 is 1.70 bits per heavy atom. The van der Waals surface area contributed by atoms with Crippen molar-refractivity contribution in [2.24, 2.45) is 11.8 Å². The van der Waals surface area contributed by atoms with Crippen LogP contribution in [0.2, 0.25) is 0 Å². The fraction of sp³-hybridized carbons (Fsp3) is 0.818. The van der Waals surface area contributed by atoms with Crippen molar-refractivity contribution in [1.82, 2.24) is 0 Å². The predicted octanol–water partition coefficient (Wildman–Crippen LogP) is 3.03. The van der Waals surface area contributed by atoms with Gasteiger partial charge in [0.15, 0.2) is 0 Å². The maximum absolute atomic E-state index is 12.6. The largest absolute Gasteiger partial charge is 0.460 e. The molecule has 2 fully saturated rings. The minimum absolute atomic E-state index is 0.00659. The molecule has 2 saturated heterocycles. The predicted molar refractivity (Wildman–Crippen MR) is 164 cm³/mol. The Balaban J connectivity index is 1.75. The summed E-state index contributed by atoms with van der Waals surface area (Å²) < 4.78 is 43.6. The lowest BCUT2D eigenvalue weighted by Crippen LogP contribution is -2.43. The van der Waals surface area contributed by atoms with E-state index in [-0.39, 0.29) is 62.2 Å². The number of ether oxygens (including phenoxy) is 8. The van der Waals surface area contributed by atoms with Crippen LogP contribution in [0.25, 0.3) is 0 Å². The zero-order chi connectivity index (χ0) is 35.6. The number of carbonyl (C=O) groups excluding carboxylic acids is 6. The van der Waals surface area contributed by atoms with E-state index in [1.807, 2.05) is 20.8 Å². The molecular formula is C33H52O14. The minimum Gasteiger partial charge on any atom is -0.460 e. The number of fused-ring (bicyclic) bond motifs is 1. The molecule has 47 heavy (non-hydrogen) atoms. The van der Waals surface area contributed by atoms with Crippen molar-refractivity contribution in [2.45, 2.75) is 136 Å². The normalized spacial score (nSPS) is 21.8. The van der Waals surface area contributed by atoms with Gasteiger partial charge in [0.1, 0.15) is 16.8 Å². The first-order chi connectivity index (χ1) is 21.7. The average Bonchev–Trinajstić information content (AvgIpc) is 3.51. The molecule has 268 valence electrons. The van der Waals surface area contributed by atoms with E-state index in [1.165, 1.54) is 0 Å². The van der Waals surface area contributed by atoms with Gasteiger partial charge in [-0.2, -0.15) is 0 Å². The van der Waals surface area contributed by atoms with E-state index in [0.717, 1.165) is 0 Å². The molecule has 0 amide bonds. The van der Waals surface area contributed by atoms with Crippen LogP contribution in [-0.2, 0) is 66.7 Å². The van der Waals surface area contributed by atoms with Crippen LogP contribution < -0.4 is 0 Å². The monoisotopic (exact) mass is 672 g/mol. The number of carbonyl (C=O) groups is 6. The highest BCUT2D eigenvalue weighted by Gasteiger charge is 2.47. The van der Waals surface area contributed by atoms with E-state index in [0.29, 0.717) is 38.9 Å². The van der Waals surface area contributed by atoms with Gasteiger partial charge in [-0.1, -0.05) is 0 Å². The fourth-order valence-electron chi connectivity index (χ4n) is 6.29. The third kappa shape index (κ3) is 13.9. The maximum atomic E-state index is 12.6. The van der Waals surface area contributed by atoms with Gasteiger partial charge in [0, 0.05) is 24.7 Å². The third-order valence-corrected chi connectivity index (χ3v) is 7.62. The van der Waals surface area contributed by atoms with Gasteiger partial charge < -0.3 is 37.9 Å². The number of aldehydes is 1. The first kappa shape index (κ1) is 40.1. The van der Waals surface area contributed by atoms with Crippen LogP contribution in [0.5, 0.6) is 0 Å². The summed E-state index contributed by atoms with van der Waals surface area (Å²) in [6.07, 6.45) is 1.59. The summed E-state index contributed by atoms with van der Waals surface area (Å²) in [5.74, 6) is -5.55. The van der Waals surface area contributed by atoms with Crippen LogP contribution in [-0.4, -0.2) is 104 Å². The second-order valence-corrected chi connectivity index (χ2v) is 14.3. The molecule has 0 aromatic rings. The average molecular weight is 673 g/mol. The molecule has 14 heteroatoms. The molecule has 0 N–H and O–H groups in total. The lowest BCUT2D eigenvalue weighted by molar-refractivity contribution is -0.190. The second-order valence-electron chi connectivity index (χ2n) is 14.3. The Morgan fingerprint density at radius 2 is 1.19 bits per heavy atom. The number of hydrogen-bond acceptors (Lipinski definition) is 14. The SMILES string of the molecule is CC(C)OC(C)CC(C)(C)OC(=O)C(=O)OC(C)(C)CC(C)(C)OC(=O)C(=O)OCCC1COC2C(CCCOC(=O)C=O)COC12. The van der Waals surface area contributed by atoms with Crippen molar-refractivity contribution >= 4 is 36.1 Å². The van der Waals surface area contributed by atoms with Gasteiger partial charge in [-0.25, -0.2) is 24.0 Å². The summed E-state index contributed by atoms with van der Waals surface area (Å²) in [5, 5.41) is 0. The molecule has 5 atom stereocenters. The Morgan fingerprint density at radius 1 is 0.702 bits per heavy atom. The zero-order valence-corrected chi connectivity index (χ0v) is 29.1. The Bertz CT molecular complexity index is 1110. The summed E-state index contributed by atoms with van der Waals surface area (Å²) in [7, 11) is 0. The van der Waals surface area contributed by atoms with E-state index in [1.54, 1.807) is 41.5 Å². The first-order valence-electron chi connectivity index (χ1n) is 16.1. The summed E-state index contributed by atoms with van der Waals surface area (Å²) in [6.45, 7) is 16.1. The summed E-state index contributed by atoms with van der Waals surface area (Å²) in [4.78, 5) is 71.3. The van der Waals surface area contributed by atoms with E-state index in [2.05, 4.69) is 0 Å². The van der Waals surface area contributed by atoms with Crippen LogP contribution in [0.3, 0.4) is 0 Å². The lowest BCUT2D eigenvalue weighted by atomic mass is 9.92. The molecule has 0 aromatic heterocycles. The van der Waals surface area contributed by atoms with Gasteiger partial charge in [-0.3, -0.25) is 4.79 Å². The molecule has 2 heterocycles. The quantitative estimate of drug-likeness (QED) is 0.0724. The number of rotatable bonds is 17. The molecule has 5 unspecified atom stereocenters. The van der Waals surface area contributed by atoms with Crippen LogP contribution >= 0.6 is 0 Å². The molecule has 0 radical (unpaired) electrons. The van der Waals surface area contributed by atoms with Gasteiger partial charge in [0.05, 0.1) is 50.8 Å². The van der Waals surface area contributed by atoms with Gasteiger partial charge in [0.2, 0.25) is 6.29 Å².